The third-order valence-corrected chi connectivity index (χ3v) is 4.45. The van der Waals surface area contributed by atoms with E-state index in [1.807, 2.05) is 41.8 Å². The predicted molar refractivity (Wildman–Crippen MR) is 92.4 cm³/mol. The number of aromatic nitrogens is 4. The molecule has 0 bridgehead atoms. The van der Waals surface area contributed by atoms with Gasteiger partial charge in [-0.1, -0.05) is 17.7 Å². The molecule has 114 valence electrons. The SMILES string of the molecule is Cc1cc(Cl)cc2c1-n1c(Br)nnc1CN=C2c1ccccn1. The molecule has 3 heterocycles. The summed E-state index contributed by atoms with van der Waals surface area (Å²) in [5.74, 6) is 0.773. The smallest absolute Gasteiger partial charge is 0.204 e. The zero-order valence-corrected chi connectivity index (χ0v) is 14.5. The molecule has 0 N–H and O–H groups in total. The first-order valence-electron chi connectivity index (χ1n) is 7.01. The van der Waals surface area contributed by atoms with Gasteiger partial charge in [-0.2, -0.15) is 0 Å². The number of hydrogen-bond donors (Lipinski definition) is 0. The molecule has 0 unspecified atom stereocenters. The number of nitrogens with zero attached hydrogens (tertiary/aromatic N) is 5. The largest absolute Gasteiger partial charge is 0.274 e. The minimum atomic E-state index is 0.427. The van der Waals surface area contributed by atoms with Crippen molar-refractivity contribution in [2.75, 3.05) is 0 Å². The van der Waals surface area contributed by atoms with E-state index in [1.54, 1.807) is 6.20 Å². The summed E-state index contributed by atoms with van der Waals surface area (Å²) in [7, 11) is 0. The van der Waals surface area contributed by atoms with Gasteiger partial charge in [0.2, 0.25) is 4.73 Å². The number of aliphatic imine (C=N–C) groups is 1. The maximum atomic E-state index is 6.30. The highest BCUT2D eigenvalue weighted by Gasteiger charge is 2.24. The third kappa shape index (κ3) is 2.38. The normalized spacial score (nSPS) is 13.1. The van der Waals surface area contributed by atoms with Crippen molar-refractivity contribution in [3.8, 4) is 5.69 Å². The lowest BCUT2D eigenvalue weighted by atomic mass is 10.0. The van der Waals surface area contributed by atoms with Gasteiger partial charge >= 0.3 is 0 Å². The van der Waals surface area contributed by atoms with Crippen LogP contribution in [0.4, 0.5) is 0 Å². The molecular formula is C16H11BrClN5. The van der Waals surface area contributed by atoms with E-state index in [0.717, 1.165) is 34.0 Å². The van der Waals surface area contributed by atoms with Crippen LogP contribution in [-0.4, -0.2) is 25.5 Å². The van der Waals surface area contributed by atoms with Crippen LogP contribution >= 0.6 is 27.5 Å². The van der Waals surface area contributed by atoms with Gasteiger partial charge in [0.05, 0.1) is 17.1 Å². The Balaban J connectivity index is 2.06. The van der Waals surface area contributed by atoms with Gasteiger partial charge in [-0.3, -0.25) is 14.5 Å². The van der Waals surface area contributed by atoms with Crippen molar-refractivity contribution < 1.29 is 0 Å². The number of hydrogen-bond acceptors (Lipinski definition) is 4. The third-order valence-electron chi connectivity index (χ3n) is 3.72. The Morgan fingerprint density at radius 2 is 2.09 bits per heavy atom. The minimum Gasteiger partial charge on any atom is -0.274 e. The van der Waals surface area contributed by atoms with Crippen molar-refractivity contribution >= 4 is 33.2 Å². The topological polar surface area (TPSA) is 56.0 Å². The summed E-state index contributed by atoms with van der Waals surface area (Å²) in [4.78, 5) is 9.16. The molecule has 7 heteroatoms. The van der Waals surface area contributed by atoms with Crippen LogP contribution in [0.25, 0.3) is 5.69 Å². The molecule has 0 fully saturated rings. The lowest BCUT2D eigenvalue weighted by molar-refractivity contribution is 0.862. The zero-order chi connectivity index (χ0) is 16.0. The maximum absolute atomic E-state index is 6.30. The quantitative estimate of drug-likeness (QED) is 0.638. The predicted octanol–water partition coefficient (Wildman–Crippen LogP) is 3.74. The Bertz CT molecular complexity index is 933. The van der Waals surface area contributed by atoms with Crippen LogP contribution in [-0.2, 0) is 6.54 Å². The average Bonchev–Trinajstić information content (AvgIpc) is 2.80. The van der Waals surface area contributed by atoms with Crippen LogP contribution in [0.3, 0.4) is 0 Å². The summed E-state index contributed by atoms with van der Waals surface area (Å²) >= 11 is 9.78. The molecule has 4 rings (SSSR count). The van der Waals surface area contributed by atoms with E-state index in [-0.39, 0.29) is 0 Å². The maximum Gasteiger partial charge on any atom is 0.204 e. The highest BCUT2D eigenvalue weighted by atomic mass is 79.9. The van der Waals surface area contributed by atoms with E-state index in [9.17, 15) is 0 Å². The Hall–Kier alpha value is -2.05. The Labute approximate surface area is 146 Å². The van der Waals surface area contributed by atoms with Crippen LogP contribution in [0.2, 0.25) is 5.02 Å². The van der Waals surface area contributed by atoms with Gasteiger partial charge in [0.25, 0.3) is 0 Å². The summed E-state index contributed by atoms with van der Waals surface area (Å²) in [5, 5.41) is 8.99. The second-order valence-electron chi connectivity index (χ2n) is 5.22. The molecule has 0 aliphatic carbocycles. The van der Waals surface area contributed by atoms with Crippen LogP contribution in [0.1, 0.15) is 22.6 Å². The number of rotatable bonds is 1. The molecule has 0 amide bonds. The molecule has 0 saturated heterocycles. The van der Waals surface area contributed by atoms with Crippen molar-refractivity contribution in [2.45, 2.75) is 13.5 Å². The van der Waals surface area contributed by atoms with Crippen molar-refractivity contribution in [2.24, 2.45) is 4.99 Å². The number of benzene rings is 1. The van der Waals surface area contributed by atoms with Gasteiger partial charge in [-0.05, 0) is 52.7 Å². The van der Waals surface area contributed by atoms with Crippen molar-refractivity contribution in [1.29, 1.82) is 0 Å². The summed E-state index contributed by atoms with van der Waals surface area (Å²) < 4.78 is 2.62. The van der Waals surface area contributed by atoms with Crippen LogP contribution < -0.4 is 0 Å². The van der Waals surface area contributed by atoms with E-state index in [0.29, 0.717) is 16.3 Å². The summed E-state index contributed by atoms with van der Waals surface area (Å²) in [6, 6.07) is 9.62. The Morgan fingerprint density at radius 1 is 1.22 bits per heavy atom. The van der Waals surface area contributed by atoms with E-state index >= 15 is 0 Å². The number of halogens is 2. The second-order valence-corrected chi connectivity index (χ2v) is 6.37. The first-order valence-corrected chi connectivity index (χ1v) is 8.19. The summed E-state index contributed by atoms with van der Waals surface area (Å²) in [6.45, 7) is 2.44. The average molecular weight is 389 g/mol. The Morgan fingerprint density at radius 3 is 2.87 bits per heavy atom. The van der Waals surface area contributed by atoms with Gasteiger partial charge in [-0.25, -0.2) is 0 Å². The fourth-order valence-electron chi connectivity index (χ4n) is 2.79. The van der Waals surface area contributed by atoms with E-state index in [1.165, 1.54) is 0 Å². The lowest BCUT2D eigenvalue weighted by Crippen LogP contribution is -2.10. The molecule has 1 aliphatic rings. The number of fused-ring (bicyclic) bond motifs is 3. The van der Waals surface area contributed by atoms with Crippen molar-refractivity contribution in [3.63, 3.8) is 0 Å². The summed E-state index contributed by atoms with van der Waals surface area (Å²) in [6.07, 6.45) is 1.76. The minimum absolute atomic E-state index is 0.427. The van der Waals surface area contributed by atoms with Gasteiger partial charge in [-0.15, -0.1) is 10.2 Å². The molecule has 1 aliphatic heterocycles. The molecule has 1 aromatic carbocycles. The number of aryl methyl sites for hydroxylation is 1. The van der Waals surface area contributed by atoms with Crippen LogP contribution in [0.15, 0.2) is 46.3 Å². The molecule has 0 atom stereocenters. The molecule has 0 saturated carbocycles. The van der Waals surface area contributed by atoms with Crippen molar-refractivity contribution in [1.82, 2.24) is 19.7 Å². The molecule has 0 spiro atoms. The second kappa shape index (κ2) is 5.54. The van der Waals surface area contributed by atoms with Gasteiger partial charge in [0.1, 0.15) is 6.54 Å². The highest BCUT2D eigenvalue weighted by Crippen LogP contribution is 2.31. The molecule has 23 heavy (non-hydrogen) atoms. The molecule has 2 aromatic heterocycles. The van der Waals surface area contributed by atoms with Crippen molar-refractivity contribution in [3.05, 3.63) is 68.9 Å². The first kappa shape index (κ1) is 14.5. The first-order chi connectivity index (χ1) is 11.1. The van der Waals surface area contributed by atoms with Gasteiger partial charge in [0, 0.05) is 16.8 Å². The molecule has 3 aromatic rings. The zero-order valence-electron chi connectivity index (χ0n) is 12.2. The van der Waals surface area contributed by atoms with E-state index < -0.39 is 0 Å². The van der Waals surface area contributed by atoms with Gasteiger partial charge < -0.3 is 0 Å². The van der Waals surface area contributed by atoms with E-state index in [4.69, 9.17) is 16.6 Å². The lowest BCUT2D eigenvalue weighted by Gasteiger charge is -2.15. The fourth-order valence-corrected chi connectivity index (χ4v) is 3.52. The number of pyridine rings is 1. The molecular weight excluding hydrogens is 378 g/mol. The molecule has 5 nitrogen and oxygen atoms in total. The van der Waals surface area contributed by atoms with Gasteiger partial charge in [0.15, 0.2) is 5.82 Å². The molecule has 0 radical (unpaired) electrons. The Kier molecular flexibility index (Phi) is 3.50. The highest BCUT2D eigenvalue weighted by molar-refractivity contribution is 9.10. The standard InChI is InChI=1S/C16H11BrClN5/c1-9-6-10(18)7-11-14(12-4-2-3-5-19-12)20-8-13-21-22-16(17)23(13)15(9)11/h2-7H,8H2,1H3. The van der Waals surface area contributed by atoms with Crippen LogP contribution in [0, 0.1) is 6.92 Å². The fraction of sp³-hybridized carbons (Fsp3) is 0.125. The van der Waals surface area contributed by atoms with Crippen LogP contribution in [0.5, 0.6) is 0 Å². The van der Waals surface area contributed by atoms with E-state index in [2.05, 4.69) is 31.1 Å². The summed E-state index contributed by atoms with van der Waals surface area (Å²) in [5.41, 5.74) is 4.55. The monoisotopic (exact) mass is 387 g/mol.